The van der Waals surface area contributed by atoms with Crippen LogP contribution < -0.4 is 19.9 Å². The van der Waals surface area contributed by atoms with Gasteiger partial charge >= 0.3 is 36.4 Å². The van der Waals surface area contributed by atoms with Crippen LogP contribution in [0.1, 0.15) is 263 Å². The maximum atomic E-state index is 13.8. The lowest BCUT2D eigenvalue weighted by Gasteiger charge is -2.30. The van der Waals surface area contributed by atoms with Gasteiger partial charge in [0, 0.05) is 64.6 Å². The topological polar surface area (TPSA) is 212 Å². The first-order chi connectivity index (χ1) is 39.6. The Hall–Kier alpha value is -6.16. The Morgan fingerprint density at radius 2 is 0.580 bits per heavy atom. The number of carbonyl (C=O) groups is 6. The van der Waals surface area contributed by atoms with Gasteiger partial charge in [-0.3, -0.25) is 14.4 Å². The summed E-state index contributed by atoms with van der Waals surface area (Å²) in [6.45, 7) is 52.1. The van der Waals surface area contributed by atoms with E-state index in [1.807, 2.05) is 161 Å². The predicted octanol–water partition coefficient (Wildman–Crippen LogP) is 16.6. The van der Waals surface area contributed by atoms with Gasteiger partial charge in [0.1, 0.15) is 40.7 Å². The van der Waals surface area contributed by atoms with Crippen molar-refractivity contribution in [3.05, 3.63) is 86.5 Å². The minimum absolute atomic E-state index is 0.00922. The van der Waals surface area contributed by atoms with Crippen molar-refractivity contribution in [3.8, 4) is 17.2 Å². The molecule has 16 heteroatoms. The van der Waals surface area contributed by atoms with Gasteiger partial charge in [0.05, 0.1) is 13.2 Å². The molecule has 16 nitrogen and oxygen atoms in total. The van der Waals surface area contributed by atoms with E-state index in [0.717, 1.165) is 50.1 Å². The zero-order chi connectivity index (χ0) is 67.7. The summed E-state index contributed by atoms with van der Waals surface area (Å²) < 4.78 is 52.2. The normalized spacial score (nSPS) is 13.6. The summed E-state index contributed by atoms with van der Waals surface area (Å²) in [5.41, 5.74) is 9.09. The van der Waals surface area contributed by atoms with E-state index in [1.165, 1.54) is 0 Å². The fourth-order valence-electron chi connectivity index (χ4n) is 9.46. The maximum absolute atomic E-state index is 13.8. The van der Waals surface area contributed by atoms with Gasteiger partial charge in [0.15, 0.2) is 0 Å². The van der Waals surface area contributed by atoms with Crippen LogP contribution in [0, 0.1) is 5.92 Å². The summed E-state index contributed by atoms with van der Waals surface area (Å²) >= 11 is 0. The molecule has 0 aromatic heterocycles. The molecule has 0 fully saturated rings. The number of aryl methyl sites for hydroxylation is 3. The predicted molar refractivity (Wildman–Crippen MR) is 346 cm³/mol. The highest BCUT2D eigenvalue weighted by Crippen LogP contribution is 2.45. The number of ether oxygens (including phenoxy) is 9. The molecule has 0 aliphatic heterocycles. The molecule has 3 aromatic rings. The minimum atomic E-state index is -0.825. The van der Waals surface area contributed by atoms with Gasteiger partial charge in [-0.25, -0.2) is 14.4 Å². The molecule has 88 heavy (non-hydrogen) atoms. The molecule has 0 aliphatic carbocycles. The maximum Gasteiger partial charge on any atom is 0.514 e. The summed E-state index contributed by atoms with van der Waals surface area (Å²) in [5.74, 6) is -0.764. The summed E-state index contributed by atoms with van der Waals surface area (Å²) in [4.78, 5) is 80.2. The minimum Gasteiger partial charge on any atom is -0.466 e. The molecule has 2 unspecified atom stereocenters. The average Bonchev–Trinajstić information content (AvgIpc) is 1.09. The fraction of sp³-hybridized carbons (Fsp3) is 0.667. The van der Waals surface area contributed by atoms with Crippen LogP contribution in [-0.4, -0.2) is 79.0 Å². The molecule has 0 radical (unpaired) electrons. The number of hydrogen-bond acceptors (Lipinski definition) is 16. The number of nitrogens with two attached hydrogens (primary N) is 1. The van der Waals surface area contributed by atoms with Crippen LogP contribution in [-0.2, 0) is 94.6 Å². The van der Waals surface area contributed by atoms with E-state index in [4.69, 9.17) is 48.4 Å². The Bertz CT molecular complexity index is 2820. The summed E-state index contributed by atoms with van der Waals surface area (Å²) in [6, 6.07) is 10.9. The highest BCUT2D eigenvalue weighted by atomic mass is 16.7. The van der Waals surface area contributed by atoms with Crippen molar-refractivity contribution in [3.63, 3.8) is 0 Å². The zero-order valence-corrected chi connectivity index (χ0v) is 58.9. The van der Waals surface area contributed by atoms with E-state index < -0.39 is 97.6 Å². The van der Waals surface area contributed by atoms with Gasteiger partial charge in [0.25, 0.3) is 0 Å². The van der Waals surface area contributed by atoms with Crippen LogP contribution in [0.15, 0.2) is 36.4 Å². The van der Waals surface area contributed by atoms with Crippen LogP contribution in [0.3, 0.4) is 0 Å². The fourth-order valence-corrected chi connectivity index (χ4v) is 9.46. The third-order valence-corrected chi connectivity index (χ3v) is 14.1. The van der Waals surface area contributed by atoms with Crippen molar-refractivity contribution in [2.45, 2.75) is 287 Å². The van der Waals surface area contributed by atoms with E-state index in [2.05, 4.69) is 0 Å². The van der Waals surface area contributed by atoms with Crippen LogP contribution >= 0.6 is 0 Å². The number of rotatable bonds is 20. The Morgan fingerprint density at radius 3 is 0.807 bits per heavy atom. The smallest absolute Gasteiger partial charge is 0.466 e. The molecule has 0 spiro atoms. The molecule has 0 saturated heterocycles. The SMILES string of the molecule is CC(C)(C)OC(=O)Oc1c(C(C)(C)C)cc(CCC(=O)OCCC(COC(=O)CCc2cc(C(C)(C)C)c(OC(=O)OC(C)(C)C)c(C(C)(C)C)c2)C(N)COC(=O)CCc2cc(C(C)(C)C)c(OC(=O)OC(C)(C)C)c(C(C)(C)C)c2)cc1C(C)(C)C. The molecule has 0 amide bonds. The Balaban J connectivity index is 1.91. The van der Waals surface area contributed by atoms with E-state index in [0.29, 0.717) is 36.5 Å². The standard InChI is InChI=1S/C72H111NO15/c1-64(2,3)48-36-44(37-49(65(4,5)6)58(48)83-61(77)86-70(19,20)21)28-31-55(74)80-35-34-47(42-81-56(75)32-29-45-38-50(66(7,8)9)59(51(39-45)67(10,11)12)84-62(78)87-71(22,23)24)54(73)43-82-57(76)33-30-46-40-52(68(13,14)15)60(53(41-46)69(16,17)18)85-63(79)88-72(25,26)27/h36-41,47,54H,28-35,42-43,73H2,1-27H3. The monoisotopic (exact) mass is 1230 g/mol. The summed E-state index contributed by atoms with van der Waals surface area (Å²) in [5, 5.41) is 0. The number of benzene rings is 3. The second-order valence-electron chi connectivity index (χ2n) is 32.6. The Morgan fingerprint density at radius 1 is 0.352 bits per heavy atom. The van der Waals surface area contributed by atoms with Crippen molar-refractivity contribution in [1.82, 2.24) is 0 Å². The summed E-state index contributed by atoms with van der Waals surface area (Å²) in [6.07, 6.45) is -1.21. The molecule has 0 heterocycles. The lowest BCUT2D eigenvalue weighted by Crippen LogP contribution is -2.39. The number of carbonyl (C=O) groups excluding carboxylic acids is 6. The molecular formula is C72H111NO15. The Labute approximate surface area is 528 Å². The van der Waals surface area contributed by atoms with Gasteiger partial charge in [0.2, 0.25) is 0 Å². The molecule has 494 valence electrons. The number of hydrogen-bond donors (Lipinski definition) is 1. The average molecular weight is 1230 g/mol. The van der Waals surface area contributed by atoms with Crippen molar-refractivity contribution < 1.29 is 71.4 Å². The highest BCUT2D eigenvalue weighted by Gasteiger charge is 2.35. The van der Waals surface area contributed by atoms with Crippen molar-refractivity contribution in [2.75, 3.05) is 19.8 Å². The molecule has 2 N–H and O–H groups in total. The first-order valence-electron chi connectivity index (χ1n) is 31.1. The third-order valence-electron chi connectivity index (χ3n) is 14.1. The molecule has 0 aliphatic rings. The quantitative estimate of drug-likeness (QED) is 0.0633. The van der Waals surface area contributed by atoms with Crippen LogP contribution in [0.25, 0.3) is 0 Å². The molecule has 0 bridgehead atoms. The number of esters is 3. The molecule has 0 saturated carbocycles. The summed E-state index contributed by atoms with van der Waals surface area (Å²) in [7, 11) is 0. The molecular weight excluding hydrogens is 1120 g/mol. The van der Waals surface area contributed by atoms with Gasteiger partial charge < -0.3 is 48.4 Å². The second-order valence-corrected chi connectivity index (χ2v) is 32.6. The van der Waals surface area contributed by atoms with Gasteiger partial charge in [-0.1, -0.05) is 161 Å². The highest BCUT2D eigenvalue weighted by molar-refractivity contribution is 5.73. The van der Waals surface area contributed by atoms with Crippen LogP contribution in [0.5, 0.6) is 17.2 Å². The Kier molecular flexibility index (Phi) is 25.2. The zero-order valence-electron chi connectivity index (χ0n) is 58.9. The lowest BCUT2D eigenvalue weighted by atomic mass is 9.78. The van der Waals surface area contributed by atoms with Gasteiger partial charge in [-0.05, 0) is 137 Å². The van der Waals surface area contributed by atoms with Crippen LogP contribution in [0.2, 0.25) is 0 Å². The van der Waals surface area contributed by atoms with Crippen molar-refractivity contribution in [1.29, 1.82) is 0 Å². The largest absolute Gasteiger partial charge is 0.514 e. The van der Waals surface area contributed by atoms with E-state index in [-0.39, 0.29) is 45.5 Å². The first kappa shape index (κ1) is 76.1. The van der Waals surface area contributed by atoms with Crippen LogP contribution in [0.4, 0.5) is 14.4 Å². The lowest BCUT2D eigenvalue weighted by molar-refractivity contribution is -0.149. The van der Waals surface area contributed by atoms with Crippen molar-refractivity contribution >= 4 is 36.4 Å². The van der Waals surface area contributed by atoms with Gasteiger partial charge in [-0.15, -0.1) is 0 Å². The molecule has 3 aromatic carbocycles. The van der Waals surface area contributed by atoms with Gasteiger partial charge in [-0.2, -0.15) is 0 Å². The van der Waals surface area contributed by atoms with E-state index in [1.54, 1.807) is 62.3 Å². The molecule has 2 atom stereocenters. The first-order valence-corrected chi connectivity index (χ1v) is 31.1. The van der Waals surface area contributed by atoms with E-state index >= 15 is 0 Å². The second kappa shape index (κ2) is 29.2. The molecule has 3 rings (SSSR count). The third kappa shape index (κ3) is 25.4. The van der Waals surface area contributed by atoms with Crippen molar-refractivity contribution in [2.24, 2.45) is 11.7 Å². The van der Waals surface area contributed by atoms with E-state index in [9.17, 15) is 28.8 Å².